The molecule has 1 aromatic rings. The predicted molar refractivity (Wildman–Crippen MR) is 74.8 cm³/mol. The zero-order valence-electron chi connectivity index (χ0n) is 11.4. The Bertz CT molecular complexity index is 515. The number of aromatic nitrogens is 3. The van der Waals surface area contributed by atoms with Crippen LogP contribution in [0.5, 0.6) is 0 Å². The predicted octanol–water partition coefficient (Wildman–Crippen LogP) is 2.31. The molecule has 0 radical (unpaired) electrons. The molecule has 1 aliphatic carbocycles. The molecule has 0 amide bonds. The van der Waals surface area contributed by atoms with Gasteiger partial charge in [-0.3, -0.25) is 4.57 Å². The minimum Gasteiger partial charge on any atom is -0.273 e. The topological polar surface area (TPSA) is 74.5 Å². The van der Waals surface area contributed by atoms with Crippen LogP contribution in [0.15, 0.2) is 9.95 Å². The maximum atomic E-state index is 11.4. The van der Waals surface area contributed by atoms with Crippen molar-refractivity contribution in [3.8, 4) is 6.07 Å². The summed E-state index contributed by atoms with van der Waals surface area (Å²) in [4.78, 5) is 11.4. The Morgan fingerprint density at radius 3 is 2.95 bits per heavy atom. The number of hydrogen-bond donors (Lipinski definition) is 1. The van der Waals surface area contributed by atoms with Crippen LogP contribution in [-0.2, 0) is 7.05 Å². The van der Waals surface area contributed by atoms with Crippen molar-refractivity contribution in [2.45, 2.75) is 49.4 Å². The summed E-state index contributed by atoms with van der Waals surface area (Å²) in [5.74, 6) is 0.785. The van der Waals surface area contributed by atoms with Gasteiger partial charge in [-0.2, -0.15) is 5.26 Å². The quantitative estimate of drug-likeness (QED) is 0.918. The molecule has 0 saturated heterocycles. The van der Waals surface area contributed by atoms with Crippen LogP contribution < -0.4 is 5.69 Å². The molecule has 104 valence electrons. The van der Waals surface area contributed by atoms with Crippen molar-refractivity contribution in [3.63, 3.8) is 0 Å². The molecular formula is C13H20N4OS. The van der Waals surface area contributed by atoms with Crippen molar-refractivity contribution in [1.29, 1.82) is 5.26 Å². The van der Waals surface area contributed by atoms with Crippen molar-refractivity contribution in [1.82, 2.24) is 14.8 Å². The number of hydrogen-bond acceptors (Lipinski definition) is 4. The third kappa shape index (κ3) is 3.21. The van der Waals surface area contributed by atoms with Gasteiger partial charge in [0.1, 0.15) is 0 Å². The highest BCUT2D eigenvalue weighted by Gasteiger charge is 2.32. The van der Waals surface area contributed by atoms with Gasteiger partial charge in [0.15, 0.2) is 5.16 Å². The molecule has 1 N–H and O–H groups in total. The Kier molecular flexibility index (Phi) is 4.70. The Labute approximate surface area is 117 Å². The molecule has 3 unspecified atom stereocenters. The number of thioether (sulfide) groups is 1. The first-order chi connectivity index (χ1) is 9.15. The molecule has 1 saturated carbocycles. The molecule has 1 fully saturated rings. The summed E-state index contributed by atoms with van der Waals surface area (Å²) in [5, 5.41) is 16.7. The van der Waals surface area contributed by atoms with Gasteiger partial charge in [-0.25, -0.2) is 9.89 Å². The van der Waals surface area contributed by atoms with Crippen LogP contribution in [0.3, 0.4) is 0 Å². The first-order valence-corrected chi connectivity index (χ1v) is 7.71. The number of aromatic amines is 1. The molecule has 0 aromatic carbocycles. The van der Waals surface area contributed by atoms with E-state index in [1.165, 1.54) is 17.4 Å². The molecule has 19 heavy (non-hydrogen) atoms. The van der Waals surface area contributed by atoms with Gasteiger partial charge in [-0.05, 0) is 25.2 Å². The van der Waals surface area contributed by atoms with E-state index in [1.54, 1.807) is 18.8 Å². The van der Waals surface area contributed by atoms with Gasteiger partial charge < -0.3 is 0 Å². The molecular weight excluding hydrogens is 260 g/mol. The van der Waals surface area contributed by atoms with E-state index in [0.717, 1.165) is 19.3 Å². The molecule has 2 rings (SSSR count). The molecule has 1 heterocycles. The summed E-state index contributed by atoms with van der Waals surface area (Å²) in [5.41, 5.74) is -0.197. The summed E-state index contributed by atoms with van der Waals surface area (Å²) >= 11 is 1.57. The second-order valence-corrected chi connectivity index (χ2v) is 6.44. The maximum Gasteiger partial charge on any atom is 0.343 e. The van der Waals surface area contributed by atoms with E-state index in [9.17, 15) is 10.1 Å². The van der Waals surface area contributed by atoms with E-state index >= 15 is 0 Å². The standard InChI is InChI=1S/C13H20N4OS/c1-3-4-9-5-6-10(8-14)11(7-9)19-13-16-15-12(18)17(13)2/h9-11H,3-7H2,1-2H3,(H,15,18). The largest absolute Gasteiger partial charge is 0.343 e. The lowest BCUT2D eigenvalue weighted by atomic mass is 9.80. The average Bonchev–Trinajstić information content (AvgIpc) is 2.72. The Balaban J connectivity index is 2.08. The average molecular weight is 280 g/mol. The lowest BCUT2D eigenvalue weighted by Gasteiger charge is -2.31. The number of H-pyrrole nitrogens is 1. The normalized spacial score (nSPS) is 27.1. The summed E-state index contributed by atoms with van der Waals surface area (Å²) < 4.78 is 1.52. The molecule has 6 heteroatoms. The van der Waals surface area contributed by atoms with Gasteiger partial charge in [-0.15, -0.1) is 5.10 Å². The van der Waals surface area contributed by atoms with Crippen LogP contribution in [0, 0.1) is 23.2 Å². The first-order valence-electron chi connectivity index (χ1n) is 6.83. The van der Waals surface area contributed by atoms with E-state index in [-0.39, 0.29) is 16.9 Å². The zero-order chi connectivity index (χ0) is 13.8. The van der Waals surface area contributed by atoms with Gasteiger partial charge in [0.2, 0.25) is 0 Å². The Morgan fingerprint density at radius 2 is 2.37 bits per heavy atom. The fourth-order valence-electron chi connectivity index (χ4n) is 2.73. The van der Waals surface area contributed by atoms with Crippen molar-refractivity contribution >= 4 is 11.8 Å². The highest BCUT2D eigenvalue weighted by Crippen LogP contribution is 2.40. The van der Waals surface area contributed by atoms with Gasteiger partial charge in [0, 0.05) is 12.3 Å². The van der Waals surface area contributed by atoms with E-state index in [4.69, 9.17) is 0 Å². The second-order valence-electron chi connectivity index (χ2n) is 5.23. The van der Waals surface area contributed by atoms with Crippen LogP contribution >= 0.6 is 11.8 Å². The fourth-order valence-corrected chi connectivity index (χ4v) is 4.07. The summed E-state index contributed by atoms with van der Waals surface area (Å²) in [7, 11) is 1.71. The molecule has 3 atom stereocenters. The van der Waals surface area contributed by atoms with Crippen molar-refractivity contribution in [3.05, 3.63) is 10.5 Å². The van der Waals surface area contributed by atoms with E-state index in [2.05, 4.69) is 23.2 Å². The molecule has 1 aromatic heterocycles. The van der Waals surface area contributed by atoms with Crippen LogP contribution in [0.2, 0.25) is 0 Å². The lowest BCUT2D eigenvalue weighted by Crippen LogP contribution is -2.27. The van der Waals surface area contributed by atoms with Crippen LogP contribution in [0.1, 0.15) is 39.0 Å². The van der Waals surface area contributed by atoms with Gasteiger partial charge in [0.25, 0.3) is 0 Å². The smallest absolute Gasteiger partial charge is 0.273 e. The van der Waals surface area contributed by atoms with Gasteiger partial charge in [-0.1, -0.05) is 31.5 Å². The minimum absolute atomic E-state index is 0.0740. The van der Waals surface area contributed by atoms with E-state index in [1.807, 2.05) is 0 Å². The summed E-state index contributed by atoms with van der Waals surface area (Å²) in [6, 6.07) is 2.42. The maximum absolute atomic E-state index is 11.4. The number of nitrogens with one attached hydrogen (secondary N) is 1. The zero-order valence-corrected chi connectivity index (χ0v) is 12.2. The van der Waals surface area contributed by atoms with Crippen LogP contribution in [0.25, 0.3) is 0 Å². The Morgan fingerprint density at radius 1 is 1.58 bits per heavy atom. The highest BCUT2D eigenvalue weighted by molar-refractivity contribution is 7.99. The third-order valence-electron chi connectivity index (χ3n) is 3.86. The highest BCUT2D eigenvalue weighted by atomic mass is 32.2. The monoisotopic (exact) mass is 280 g/mol. The Hall–Kier alpha value is -1.22. The SMILES string of the molecule is CCCC1CCC(C#N)C(Sc2n[nH]c(=O)n2C)C1. The molecule has 0 bridgehead atoms. The van der Waals surface area contributed by atoms with Gasteiger partial charge >= 0.3 is 5.69 Å². The fraction of sp³-hybridized carbons (Fsp3) is 0.769. The van der Waals surface area contributed by atoms with Crippen molar-refractivity contribution in [2.75, 3.05) is 0 Å². The second kappa shape index (κ2) is 6.29. The first kappa shape index (κ1) is 14.2. The molecule has 0 spiro atoms. The number of rotatable bonds is 4. The third-order valence-corrected chi connectivity index (χ3v) is 5.26. The van der Waals surface area contributed by atoms with Crippen LogP contribution in [0.4, 0.5) is 0 Å². The summed E-state index contributed by atoms with van der Waals surface area (Å²) in [6.45, 7) is 2.20. The lowest BCUT2D eigenvalue weighted by molar-refractivity contribution is 0.306. The van der Waals surface area contributed by atoms with E-state index < -0.39 is 0 Å². The minimum atomic E-state index is -0.197. The number of nitriles is 1. The van der Waals surface area contributed by atoms with Crippen molar-refractivity contribution < 1.29 is 0 Å². The van der Waals surface area contributed by atoms with E-state index in [0.29, 0.717) is 11.1 Å². The number of nitrogens with zero attached hydrogens (tertiary/aromatic N) is 3. The molecule has 1 aliphatic rings. The molecule has 0 aliphatic heterocycles. The van der Waals surface area contributed by atoms with Gasteiger partial charge in [0.05, 0.1) is 12.0 Å². The summed E-state index contributed by atoms with van der Waals surface area (Å²) in [6.07, 6.45) is 5.60. The molecule has 5 nitrogen and oxygen atoms in total. The van der Waals surface area contributed by atoms with Crippen LogP contribution in [-0.4, -0.2) is 20.0 Å². The van der Waals surface area contributed by atoms with Crippen molar-refractivity contribution in [2.24, 2.45) is 18.9 Å².